The molecular weight excluding hydrogens is 408 g/mol. The van der Waals surface area contributed by atoms with Gasteiger partial charge in [-0.1, -0.05) is 12.1 Å². The minimum Gasteiger partial charge on any atom is -0.496 e. The number of benzene rings is 2. The Labute approximate surface area is 176 Å². The van der Waals surface area contributed by atoms with Crippen LogP contribution in [-0.4, -0.2) is 45.2 Å². The highest BCUT2D eigenvalue weighted by Gasteiger charge is 2.14. The van der Waals surface area contributed by atoms with E-state index in [0.29, 0.717) is 42.1 Å². The number of anilines is 1. The lowest BCUT2D eigenvalue weighted by molar-refractivity contribution is -0.136. The number of sulfonamides is 1. The molecule has 3 N–H and O–H groups in total. The zero-order chi connectivity index (χ0) is 22.3. The number of carbonyl (C=O) groups is 2. The summed E-state index contributed by atoms with van der Waals surface area (Å²) in [6.45, 7) is 2.38. The maximum absolute atomic E-state index is 11.6. The molecule has 30 heavy (non-hydrogen) atoms. The molecule has 0 aliphatic carbocycles. The summed E-state index contributed by atoms with van der Waals surface area (Å²) in [6.07, 6.45) is 1.33. The number of carbonyl (C=O) groups excluding carboxylic acids is 1. The molecule has 0 unspecified atom stereocenters. The molecule has 0 radical (unpaired) electrons. The second-order valence-electron chi connectivity index (χ2n) is 6.98. The van der Waals surface area contributed by atoms with Crippen molar-refractivity contribution < 1.29 is 27.9 Å². The number of hydrogen-bond donors (Lipinski definition) is 3. The number of ether oxygens (including phenoxy) is 1. The highest BCUT2D eigenvalue weighted by Crippen LogP contribution is 2.35. The largest absolute Gasteiger partial charge is 0.496 e. The summed E-state index contributed by atoms with van der Waals surface area (Å²) in [6, 6.07) is 10.3. The molecule has 0 spiro atoms. The predicted octanol–water partition coefficient (Wildman–Crippen LogP) is 2.43. The van der Waals surface area contributed by atoms with Crippen LogP contribution in [-0.2, 0) is 32.6 Å². The van der Waals surface area contributed by atoms with Crippen LogP contribution in [0.2, 0.25) is 0 Å². The Morgan fingerprint density at radius 3 is 2.43 bits per heavy atom. The van der Waals surface area contributed by atoms with Crippen LogP contribution in [0.25, 0.3) is 11.1 Å². The molecule has 0 amide bonds. The van der Waals surface area contributed by atoms with Gasteiger partial charge in [-0.05, 0) is 47.9 Å². The Bertz CT molecular complexity index is 1030. The molecular formula is C21H26N2O6S. The summed E-state index contributed by atoms with van der Waals surface area (Å²) in [7, 11) is -1.92. The van der Waals surface area contributed by atoms with Crippen molar-refractivity contribution in [2.24, 2.45) is 0 Å². The normalized spacial score (nSPS) is 11.2. The lowest BCUT2D eigenvalue weighted by Crippen LogP contribution is -2.18. The Hall–Kier alpha value is -2.91. The van der Waals surface area contributed by atoms with Crippen LogP contribution in [0.3, 0.4) is 0 Å². The topological polar surface area (TPSA) is 122 Å². The number of Topliss-reactive ketones (excluding diaryl/α,β-unsaturated/α-hetero) is 1. The van der Waals surface area contributed by atoms with Crippen molar-refractivity contribution >= 4 is 27.5 Å². The standard InChI is InChI=1S/C21H26N2O6S/c1-14(24)8-9-22-13-16-12-17(23-30(3,27)28)5-6-18(16)19-10-15(11-21(25)26)4-7-20(19)29-2/h4-7,10,12,22-23H,8-9,11,13H2,1-3H3,(H,25,26). The van der Waals surface area contributed by atoms with E-state index in [1.165, 1.54) is 14.0 Å². The van der Waals surface area contributed by atoms with Gasteiger partial charge in [0.2, 0.25) is 10.0 Å². The number of aliphatic carboxylic acids is 1. The number of rotatable bonds is 11. The van der Waals surface area contributed by atoms with Crippen molar-refractivity contribution in [2.75, 3.05) is 24.6 Å². The Morgan fingerprint density at radius 2 is 1.83 bits per heavy atom. The predicted molar refractivity (Wildman–Crippen MR) is 115 cm³/mol. The SMILES string of the molecule is COc1ccc(CC(=O)O)cc1-c1ccc(NS(C)(=O)=O)cc1CNCCC(C)=O. The first kappa shape index (κ1) is 23.4. The number of carboxylic acids is 1. The molecule has 2 aromatic carbocycles. The molecule has 0 heterocycles. The van der Waals surface area contributed by atoms with Gasteiger partial charge in [-0.3, -0.25) is 14.3 Å². The van der Waals surface area contributed by atoms with Crippen LogP contribution in [0.1, 0.15) is 24.5 Å². The Morgan fingerprint density at radius 1 is 1.10 bits per heavy atom. The average molecular weight is 435 g/mol. The van der Waals surface area contributed by atoms with E-state index in [-0.39, 0.29) is 12.2 Å². The van der Waals surface area contributed by atoms with Crippen molar-refractivity contribution in [3.63, 3.8) is 0 Å². The van der Waals surface area contributed by atoms with Gasteiger partial charge in [0.15, 0.2) is 0 Å². The van der Waals surface area contributed by atoms with Gasteiger partial charge in [-0.25, -0.2) is 8.42 Å². The Balaban J connectivity index is 2.48. The molecule has 0 saturated heterocycles. The molecule has 2 rings (SSSR count). The molecule has 2 aromatic rings. The number of ketones is 1. The number of hydrogen-bond acceptors (Lipinski definition) is 6. The fraction of sp³-hybridized carbons (Fsp3) is 0.333. The minimum absolute atomic E-state index is 0.0678. The summed E-state index contributed by atoms with van der Waals surface area (Å²) in [5, 5.41) is 12.3. The van der Waals surface area contributed by atoms with Gasteiger partial charge in [-0.15, -0.1) is 0 Å². The highest BCUT2D eigenvalue weighted by atomic mass is 32.2. The zero-order valence-corrected chi connectivity index (χ0v) is 18.0. The minimum atomic E-state index is -3.45. The smallest absolute Gasteiger partial charge is 0.307 e. The van der Waals surface area contributed by atoms with Crippen LogP contribution in [0, 0.1) is 0 Å². The summed E-state index contributed by atoms with van der Waals surface area (Å²) in [5.41, 5.74) is 3.27. The highest BCUT2D eigenvalue weighted by molar-refractivity contribution is 7.92. The zero-order valence-electron chi connectivity index (χ0n) is 17.2. The van der Waals surface area contributed by atoms with Gasteiger partial charge in [0.25, 0.3) is 0 Å². The molecule has 0 bridgehead atoms. The van der Waals surface area contributed by atoms with Crippen molar-refractivity contribution in [1.82, 2.24) is 5.32 Å². The van der Waals surface area contributed by atoms with E-state index < -0.39 is 16.0 Å². The van der Waals surface area contributed by atoms with Crippen LogP contribution < -0.4 is 14.8 Å². The second-order valence-corrected chi connectivity index (χ2v) is 8.73. The molecule has 0 aliphatic heterocycles. The van der Waals surface area contributed by atoms with E-state index in [4.69, 9.17) is 9.84 Å². The van der Waals surface area contributed by atoms with E-state index in [9.17, 15) is 18.0 Å². The van der Waals surface area contributed by atoms with Gasteiger partial charge in [0, 0.05) is 30.8 Å². The maximum Gasteiger partial charge on any atom is 0.307 e. The third-order valence-corrected chi connectivity index (χ3v) is 4.89. The van der Waals surface area contributed by atoms with E-state index in [1.807, 2.05) is 0 Å². The third-order valence-electron chi connectivity index (χ3n) is 4.29. The molecule has 0 saturated carbocycles. The first-order valence-corrected chi connectivity index (χ1v) is 11.2. The van der Waals surface area contributed by atoms with Crippen molar-refractivity contribution in [3.05, 3.63) is 47.5 Å². The molecule has 162 valence electrons. The molecule has 0 atom stereocenters. The van der Waals surface area contributed by atoms with Crippen molar-refractivity contribution in [3.8, 4) is 16.9 Å². The van der Waals surface area contributed by atoms with Crippen LogP contribution in [0.5, 0.6) is 5.75 Å². The Kier molecular flexibility index (Phi) is 7.96. The lowest BCUT2D eigenvalue weighted by Gasteiger charge is -2.17. The average Bonchev–Trinajstić information content (AvgIpc) is 2.63. The molecule has 0 aliphatic rings. The van der Waals surface area contributed by atoms with E-state index in [0.717, 1.165) is 17.4 Å². The fourth-order valence-electron chi connectivity index (χ4n) is 3.02. The van der Waals surface area contributed by atoms with Gasteiger partial charge >= 0.3 is 5.97 Å². The van der Waals surface area contributed by atoms with Gasteiger partial charge < -0.3 is 15.2 Å². The van der Waals surface area contributed by atoms with Gasteiger partial charge in [0.05, 0.1) is 19.8 Å². The number of carboxylic acid groups (broad SMARTS) is 1. The summed E-state index contributed by atoms with van der Waals surface area (Å²) < 4.78 is 31.1. The molecule has 8 nitrogen and oxygen atoms in total. The van der Waals surface area contributed by atoms with Crippen LogP contribution in [0.4, 0.5) is 5.69 Å². The number of methoxy groups -OCH3 is 1. The molecule has 0 fully saturated rings. The third kappa shape index (κ3) is 7.16. The van der Waals surface area contributed by atoms with Gasteiger partial charge in [-0.2, -0.15) is 0 Å². The molecule has 0 aromatic heterocycles. The summed E-state index contributed by atoms with van der Waals surface area (Å²) in [5.74, 6) is -0.304. The summed E-state index contributed by atoms with van der Waals surface area (Å²) >= 11 is 0. The lowest BCUT2D eigenvalue weighted by atomic mass is 9.95. The quantitative estimate of drug-likeness (QED) is 0.464. The first-order valence-electron chi connectivity index (χ1n) is 9.29. The number of nitrogens with one attached hydrogen (secondary N) is 2. The van der Waals surface area contributed by atoms with Crippen LogP contribution in [0.15, 0.2) is 36.4 Å². The van der Waals surface area contributed by atoms with Crippen molar-refractivity contribution in [1.29, 1.82) is 0 Å². The van der Waals surface area contributed by atoms with Gasteiger partial charge in [0.1, 0.15) is 11.5 Å². The first-order chi connectivity index (χ1) is 14.1. The van der Waals surface area contributed by atoms with Crippen molar-refractivity contribution in [2.45, 2.75) is 26.3 Å². The second kappa shape index (κ2) is 10.2. The summed E-state index contributed by atoms with van der Waals surface area (Å²) in [4.78, 5) is 22.3. The van der Waals surface area contributed by atoms with Crippen LogP contribution >= 0.6 is 0 Å². The maximum atomic E-state index is 11.6. The fourth-order valence-corrected chi connectivity index (χ4v) is 3.57. The van der Waals surface area contributed by atoms with E-state index in [2.05, 4.69) is 10.0 Å². The van der Waals surface area contributed by atoms with E-state index >= 15 is 0 Å². The molecule has 9 heteroatoms. The van der Waals surface area contributed by atoms with E-state index in [1.54, 1.807) is 36.4 Å². The monoisotopic (exact) mass is 434 g/mol.